The van der Waals surface area contributed by atoms with Crippen molar-refractivity contribution >= 4 is 5.65 Å². The van der Waals surface area contributed by atoms with E-state index in [1.54, 1.807) is 0 Å². The Kier molecular flexibility index (Phi) is 1.84. The molecule has 14 heavy (non-hydrogen) atoms. The maximum atomic E-state index is 4.43. The van der Waals surface area contributed by atoms with Crippen LogP contribution in [0.1, 0.15) is 32.2 Å². The third kappa shape index (κ3) is 1.39. The number of rotatable bonds is 0. The van der Waals surface area contributed by atoms with Gasteiger partial charge >= 0.3 is 0 Å². The Labute approximate surface area is 83.8 Å². The van der Waals surface area contributed by atoms with E-state index in [4.69, 9.17) is 0 Å². The summed E-state index contributed by atoms with van der Waals surface area (Å²) in [6.07, 6.45) is 1.94. The molecule has 0 amide bonds. The molecule has 2 heterocycles. The minimum absolute atomic E-state index is 0.113. The topological polar surface area (TPSA) is 30.2 Å². The van der Waals surface area contributed by atoms with Crippen molar-refractivity contribution in [2.45, 2.75) is 33.1 Å². The van der Waals surface area contributed by atoms with Crippen molar-refractivity contribution in [2.75, 3.05) is 0 Å². The van der Waals surface area contributed by atoms with Crippen LogP contribution in [0, 0.1) is 6.92 Å². The number of hydrogen-bond acceptors (Lipinski definition) is 2. The molecule has 0 aliphatic heterocycles. The molecule has 0 radical (unpaired) electrons. The van der Waals surface area contributed by atoms with Crippen LogP contribution in [0.2, 0.25) is 0 Å². The van der Waals surface area contributed by atoms with Crippen LogP contribution >= 0.6 is 0 Å². The second-order valence-electron chi connectivity index (χ2n) is 4.60. The van der Waals surface area contributed by atoms with Crippen molar-refractivity contribution in [2.24, 2.45) is 0 Å². The van der Waals surface area contributed by atoms with Gasteiger partial charge in [0.25, 0.3) is 0 Å². The molecular formula is C11H15N3. The molecule has 0 saturated carbocycles. The Morgan fingerprint density at radius 1 is 1.29 bits per heavy atom. The zero-order valence-electron chi connectivity index (χ0n) is 9.07. The van der Waals surface area contributed by atoms with Crippen molar-refractivity contribution in [1.82, 2.24) is 14.6 Å². The lowest BCUT2D eigenvalue weighted by Gasteiger charge is -2.18. The normalized spacial score (nSPS) is 12.3. The van der Waals surface area contributed by atoms with Gasteiger partial charge in [-0.3, -0.25) is 0 Å². The predicted octanol–water partition coefficient (Wildman–Crippen LogP) is 2.34. The largest absolute Gasteiger partial charge is 0.221 e. The molecule has 74 valence electrons. The summed E-state index contributed by atoms with van der Waals surface area (Å²) in [6, 6.07) is 4.13. The number of hydrogen-bond donors (Lipinski definition) is 0. The molecule has 0 aliphatic rings. The minimum Gasteiger partial charge on any atom is -0.221 e. The quantitative estimate of drug-likeness (QED) is 0.636. The first-order valence-electron chi connectivity index (χ1n) is 4.81. The van der Waals surface area contributed by atoms with E-state index in [2.05, 4.69) is 36.9 Å². The minimum atomic E-state index is 0.113. The Balaban J connectivity index is 2.77. The van der Waals surface area contributed by atoms with Gasteiger partial charge in [-0.05, 0) is 18.4 Å². The maximum absolute atomic E-state index is 4.43. The number of aryl methyl sites for hydroxylation is 1. The average Bonchev–Trinajstić information content (AvgIpc) is 2.41. The molecule has 3 heteroatoms. The predicted molar refractivity (Wildman–Crippen MR) is 56.4 cm³/mol. The van der Waals surface area contributed by atoms with Crippen molar-refractivity contribution in [3.63, 3.8) is 0 Å². The standard InChI is InChI=1S/C11H15N3/c1-8-12-10-9(11(2,3)4)6-5-7-14(10)13-8/h5-7H,1-4H3. The lowest BCUT2D eigenvalue weighted by atomic mass is 9.88. The summed E-state index contributed by atoms with van der Waals surface area (Å²) in [5.74, 6) is 0.821. The first-order chi connectivity index (χ1) is 6.48. The summed E-state index contributed by atoms with van der Waals surface area (Å²) >= 11 is 0. The number of fused-ring (bicyclic) bond motifs is 1. The van der Waals surface area contributed by atoms with Gasteiger partial charge in [-0.2, -0.15) is 5.10 Å². The molecule has 0 spiro atoms. The molecule has 2 aromatic rings. The van der Waals surface area contributed by atoms with Crippen LogP contribution in [0.15, 0.2) is 18.3 Å². The van der Waals surface area contributed by atoms with Crippen molar-refractivity contribution in [3.05, 3.63) is 29.7 Å². The smallest absolute Gasteiger partial charge is 0.159 e. The van der Waals surface area contributed by atoms with Gasteiger partial charge in [-0.1, -0.05) is 26.8 Å². The van der Waals surface area contributed by atoms with E-state index < -0.39 is 0 Å². The van der Waals surface area contributed by atoms with Crippen LogP contribution in [-0.2, 0) is 5.41 Å². The Morgan fingerprint density at radius 3 is 2.64 bits per heavy atom. The second-order valence-corrected chi connectivity index (χ2v) is 4.60. The summed E-state index contributed by atoms with van der Waals surface area (Å²) < 4.78 is 1.84. The van der Waals surface area contributed by atoms with Crippen LogP contribution in [0.25, 0.3) is 5.65 Å². The van der Waals surface area contributed by atoms with E-state index in [1.165, 1.54) is 5.56 Å². The molecule has 2 aromatic heterocycles. The van der Waals surface area contributed by atoms with Crippen LogP contribution < -0.4 is 0 Å². The van der Waals surface area contributed by atoms with E-state index in [0.29, 0.717) is 0 Å². The van der Waals surface area contributed by atoms with Crippen LogP contribution in [0.5, 0.6) is 0 Å². The molecular weight excluding hydrogens is 174 g/mol. The van der Waals surface area contributed by atoms with Crippen molar-refractivity contribution in [1.29, 1.82) is 0 Å². The zero-order chi connectivity index (χ0) is 10.3. The number of pyridine rings is 1. The monoisotopic (exact) mass is 189 g/mol. The highest BCUT2D eigenvalue weighted by atomic mass is 15.3. The molecule has 0 aliphatic carbocycles. The SMILES string of the molecule is Cc1nc2c(C(C)(C)C)cccn2n1. The van der Waals surface area contributed by atoms with Crippen LogP contribution in [0.4, 0.5) is 0 Å². The average molecular weight is 189 g/mol. The van der Waals surface area contributed by atoms with Gasteiger partial charge in [-0.25, -0.2) is 9.50 Å². The fraction of sp³-hybridized carbons (Fsp3) is 0.455. The molecule has 0 bridgehead atoms. The summed E-state index contributed by atoms with van der Waals surface area (Å²) in [4.78, 5) is 4.43. The first-order valence-corrected chi connectivity index (χ1v) is 4.81. The molecule has 0 aromatic carbocycles. The number of nitrogens with zero attached hydrogens (tertiary/aromatic N) is 3. The molecule has 0 N–H and O–H groups in total. The highest BCUT2D eigenvalue weighted by Gasteiger charge is 2.18. The van der Waals surface area contributed by atoms with E-state index in [-0.39, 0.29) is 5.41 Å². The van der Waals surface area contributed by atoms with Gasteiger partial charge < -0.3 is 0 Å². The van der Waals surface area contributed by atoms with Gasteiger partial charge in [0.1, 0.15) is 5.82 Å². The van der Waals surface area contributed by atoms with Crippen molar-refractivity contribution in [3.8, 4) is 0 Å². The molecule has 0 atom stereocenters. The lowest BCUT2D eigenvalue weighted by Crippen LogP contribution is -2.13. The third-order valence-corrected chi connectivity index (χ3v) is 2.28. The highest BCUT2D eigenvalue weighted by Crippen LogP contribution is 2.25. The first kappa shape index (κ1) is 9.19. The number of aromatic nitrogens is 3. The van der Waals surface area contributed by atoms with Gasteiger partial charge in [0, 0.05) is 11.8 Å². The van der Waals surface area contributed by atoms with E-state index in [1.807, 2.05) is 23.7 Å². The second kappa shape index (κ2) is 2.80. The lowest BCUT2D eigenvalue weighted by molar-refractivity contribution is 0.591. The summed E-state index contributed by atoms with van der Waals surface area (Å²) in [5.41, 5.74) is 2.32. The summed E-state index contributed by atoms with van der Waals surface area (Å²) in [7, 11) is 0. The van der Waals surface area contributed by atoms with Crippen LogP contribution in [-0.4, -0.2) is 14.6 Å². The fourth-order valence-corrected chi connectivity index (χ4v) is 1.60. The van der Waals surface area contributed by atoms with E-state index in [9.17, 15) is 0 Å². The van der Waals surface area contributed by atoms with E-state index in [0.717, 1.165) is 11.5 Å². The summed E-state index contributed by atoms with van der Waals surface area (Å²) in [6.45, 7) is 8.48. The van der Waals surface area contributed by atoms with Gasteiger partial charge in [0.05, 0.1) is 0 Å². The van der Waals surface area contributed by atoms with Gasteiger partial charge in [-0.15, -0.1) is 0 Å². The van der Waals surface area contributed by atoms with Crippen molar-refractivity contribution < 1.29 is 0 Å². The highest BCUT2D eigenvalue weighted by molar-refractivity contribution is 5.50. The molecule has 0 unspecified atom stereocenters. The maximum Gasteiger partial charge on any atom is 0.159 e. The Hall–Kier alpha value is -1.38. The molecule has 2 rings (SSSR count). The zero-order valence-corrected chi connectivity index (χ0v) is 9.07. The fourth-order valence-electron chi connectivity index (χ4n) is 1.60. The Morgan fingerprint density at radius 2 is 2.00 bits per heavy atom. The Bertz CT molecular complexity index is 463. The van der Waals surface area contributed by atoms with Crippen LogP contribution in [0.3, 0.4) is 0 Å². The van der Waals surface area contributed by atoms with Gasteiger partial charge in [0.2, 0.25) is 0 Å². The molecule has 3 nitrogen and oxygen atoms in total. The molecule has 0 saturated heterocycles. The van der Waals surface area contributed by atoms with Gasteiger partial charge in [0.15, 0.2) is 5.65 Å². The third-order valence-electron chi connectivity index (χ3n) is 2.28. The molecule has 0 fully saturated rings. The van der Waals surface area contributed by atoms with E-state index >= 15 is 0 Å². The summed E-state index contributed by atoms with van der Waals surface area (Å²) in [5, 5.41) is 4.29.